The molecule has 1 aliphatic carbocycles. The molecule has 0 heterocycles. The summed E-state index contributed by atoms with van der Waals surface area (Å²) in [6.07, 6.45) is 3.14. The van der Waals surface area contributed by atoms with Gasteiger partial charge < -0.3 is 16.0 Å². The van der Waals surface area contributed by atoms with E-state index in [0.717, 1.165) is 19.3 Å². The van der Waals surface area contributed by atoms with Gasteiger partial charge in [0.05, 0.1) is 6.04 Å². The lowest BCUT2D eigenvalue weighted by Crippen LogP contribution is -2.42. The number of rotatable bonds is 5. The molecule has 5 nitrogen and oxygen atoms in total. The van der Waals surface area contributed by atoms with Crippen LogP contribution in [0.3, 0.4) is 0 Å². The Morgan fingerprint density at radius 2 is 1.91 bits per heavy atom. The number of benzene rings is 1. The van der Waals surface area contributed by atoms with Crippen molar-refractivity contribution in [2.45, 2.75) is 39.2 Å². The van der Waals surface area contributed by atoms with Gasteiger partial charge in [-0.05, 0) is 30.4 Å². The first-order chi connectivity index (χ1) is 10.6. The van der Waals surface area contributed by atoms with Gasteiger partial charge in [0.15, 0.2) is 0 Å². The molecule has 0 saturated heterocycles. The summed E-state index contributed by atoms with van der Waals surface area (Å²) in [4.78, 5) is 23.4. The average Bonchev–Trinajstić information content (AvgIpc) is 2.51. The molecule has 0 bridgehead atoms. The van der Waals surface area contributed by atoms with Crippen molar-refractivity contribution in [3.05, 3.63) is 35.4 Å². The summed E-state index contributed by atoms with van der Waals surface area (Å²) in [5.41, 5.74) is 2.54. The molecule has 1 unspecified atom stereocenters. The monoisotopic (exact) mass is 303 g/mol. The SMILES string of the molecule is CC(C)C(=O)NCCNC(=O)NC1CCCc2ccccc21. The van der Waals surface area contributed by atoms with Crippen LogP contribution >= 0.6 is 0 Å². The molecule has 3 amide bonds. The van der Waals surface area contributed by atoms with Gasteiger partial charge in [-0.25, -0.2) is 4.79 Å². The molecular formula is C17H25N3O2. The second-order valence-electron chi connectivity index (χ2n) is 5.99. The normalized spacial score (nSPS) is 16.8. The summed E-state index contributed by atoms with van der Waals surface area (Å²) in [6, 6.07) is 8.16. The highest BCUT2D eigenvalue weighted by Crippen LogP contribution is 2.29. The van der Waals surface area contributed by atoms with Crippen LogP contribution in [0.4, 0.5) is 4.79 Å². The van der Waals surface area contributed by atoms with E-state index in [9.17, 15) is 9.59 Å². The number of hydrogen-bond acceptors (Lipinski definition) is 2. The fourth-order valence-electron chi connectivity index (χ4n) is 2.68. The molecule has 120 valence electrons. The molecule has 1 aromatic rings. The molecule has 0 aromatic heterocycles. The van der Waals surface area contributed by atoms with E-state index in [0.29, 0.717) is 13.1 Å². The molecule has 0 fully saturated rings. The third-order valence-electron chi connectivity index (χ3n) is 3.91. The summed E-state index contributed by atoms with van der Waals surface area (Å²) in [7, 11) is 0. The third-order valence-corrected chi connectivity index (χ3v) is 3.91. The van der Waals surface area contributed by atoms with Crippen molar-refractivity contribution in [2.24, 2.45) is 5.92 Å². The van der Waals surface area contributed by atoms with Crippen molar-refractivity contribution in [3.8, 4) is 0 Å². The Bertz CT molecular complexity index is 528. The number of carbonyl (C=O) groups excluding carboxylic acids is 2. The number of amides is 3. The van der Waals surface area contributed by atoms with Crippen LogP contribution in [0.15, 0.2) is 24.3 Å². The van der Waals surface area contributed by atoms with E-state index < -0.39 is 0 Å². The molecule has 1 atom stereocenters. The second kappa shape index (κ2) is 7.82. The van der Waals surface area contributed by atoms with E-state index in [1.165, 1.54) is 11.1 Å². The van der Waals surface area contributed by atoms with Gasteiger partial charge in [-0.1, -0.05) is 38.1 Å². The van der Waals surface area contributed by atoms with Crippen LogP contribution in [0.1, 0.15) is 43.9 Å². The van der Waals surface area contributed by atoms with Gasteiger partial charge in [0.25, 0.3) is 0 Å². The van der Waals surface area contributed by atoms with Gasteiger partial charge in [-0.15, -0.1) is 0 Å². The summed E-state index contributed by atoms with van der Waals surface area (Å²) in [6.45, 7) is 4.57. The van der Waals surface area contributed by atoms with Crippen LogP contribution < -0.4 is 16.0 Å². The molecule has 1 aliphatic rings. The van der Waals surface area contributed by atoms with Crippen LogP contribution in [0.5, 0.6) is 0 Å². The molecule has 5 heteroatoms. The fourth-order valence-corrected chi connectivity index (χ4v) is 2.68. The molecule has 3 N–H and O–H groups in total. The van der Waals surface area contributed by atoms with Crippen LogP contribution in [-0.4, -0.2) is 25.0 Å². The maximum Gasteiger partial charge on any atom is 0.315 e. The van der Waals surface area contributed by atoms with Crippen molar-refractivity contribution < 1.29 is 9.59 Å². The number of hydrogen-bond donors (Lipinski definition) is 3. The Balaban J connectivity index is 1.75. The minimum Gasteiger partial charge on any atom is -0.354 e. The van der Waals surface area contributed by atoms with Crippen molar-refractivity contribution in [2.75, 3.05) is 13.1 Å². The lowest BCUT2D eigenvalue weighted by molar-refractivity contribution is -0.123. The van der Waals surface area contributed by atoms with E-state index in [1.54, 1.807) is 0 Å². The number of nitrogens with one attached hydrogen (secondary N) is 3. The number of urea groups is 1. The second-order valence-corrected chi connectivity index (χ2v) is 5.99. The number of aryl methyl sites for hydroxylation is 1. The summed E-state index contributed by atoms with van der Waals surface area (Å²) >= 11 is 0. The van der Waals surface area contributed by atoms with E-state index in [4.69, 9.17) is 0 Å². The molecule has 0 radical (unpaired) electrons. The fraction of sp³-hybridized carbons (Fsp3) is 0.529. The molecule has 1 aromatic carbocycles. The number of carbonyl (C=O) groups is 2. The molecule has 0 saturated carbocycles. The summed E-state index contributed by atoms with van der Waals surface area (Å²) < 4.78 is 0. The van der Waals surface area contributed by atoms with Crippen molar-refractivity contribution in [3.63, 3.8) is 0 Å². The minimum absolute atomic E-state index is 0.00316. The summed E-state index contributed by atoms with van der Waals surface area (Å²) in [5.74, 6) is -0.0315. The minimum atomic E-state index is -0.180. The zero-order valence-corrected chi connectivity index (χ0v) is 13.3. The molecule has 0 spiro atoms. The molecule has 0 aliphatic heterocycles. The van der Waals surface area contributed by atoms with Gasteiger partial charge in [-0.2, -0.15) is 0 Å². The van der Waals surface area contributed by atoms with Crippen LogP contribution in [0, 0.1) is 5.92 Å². The first-order valence-electron chi connectivity index (χ1n) is 7.98. The molecular weight excluding hydrogens is 278 g/mol. The average molecular weight is 303 g/mol. The quantitative estimate of drug-likeness (QED) is 0.729. The zero-order valence-electron chi connectivity index (χ0n) is 13.3. The van der Waals surface area contributed by atoms with Crippen LogP contribution in [-0.2, 0) is 11.2 Å². The maximum absolute atomic E-state index is 12.0. The predicted molar refractivity (Wildman–Crippen MR) is 86.5 cm³/mol. The largest absolute Gasteiger partial charge is 0.354 e. The lowest BCUT2D eigenvalue weighted by atomic mass is 9.88. The highest BCUT2D eigenvalue weighted by molar-refractivity contribution is 5.78. The van der Waals surface area contributed by atoms with Crippen molar-refractivity contribution in [1.82, 2.24) is 16.0 Å². The molecule has 2 rings (SSSR count). The topological polar surface area (TPSA) is 70.2 Å². The maximum atomic E-state index is 12.0. The Morgan fingerprint density at radius 1 is 1.18 bits per heavy atom. The Kier molecular flexibility index (Phi) is 5.81. The first kappa shape index (κ1) is 16.3. The summed E-state index contributed by atoms with van der Waals surface area (Å²) in [5, 5.41) is 8.59. The van der Waals surface area contributed by atoms with E-state index >= 15 is 0 Å². The lowest BCUT2D eigenvalue weighted by Gasteiger charge is -2.26. The van der Waals surface area contributed by atoms with Crippen LogP contribution in [0.2, 0.25) is 0 Å². The van der Waals surface area contributed by atoms with Gasteiger partial charge in [0.1, 0.15) is 0 Å². The Labute approximate surface area is 131 Å². The van der Waals surface area contributed by atoms with Crippen LogP contribution in [0.25, 0.3) is 0 Å². The Hall–Kier alpha value is -2.04. The van der Waals surface area contributed by atoms with Gasteiger partial charge >= 0.3 is 6.03 Å². The predicted octanol–water partition coefficient (Wildman–Crippen LogP) is 2.14. The van der Waals surface area contributed by atoms with Crippen molar-refractivity contribution >= 4 is 11.9 Å². The van der Waals surface area contributed by atoms with Gasteiger partial charge in [-0.3, -0.25) is 4.79 Å². The highest BCUT2D eigenvalue weighted by Gasteiger charge is 2.21. The Morgan fingerprint density at radius 3 is 2.68 bits per heavy atom. The van der Waals surface area contributed by atoms with E-state index in [2.05, 4.69) is 28.1 Å². The van der Waals surface area contributed by atoms with Gasteiger partial charge in [0.2, 0.25) is 5.91 Å². The first-order valence-corrected chi connectivity index (χ1v) is 7.98. The third kappa shape index (κ3) is 4.48. The highest BCUT2D eigenvalue weighted by atomic mass is 16.2. The molecule has 22 heavy (non-hydrogen) atoms. The number of fused-ring (bicyclic) bond motifs is 1. The van der Waals surface area contributed by atoms with Crippen molar-refractivity contribution in [1.29, 1.82) is 0 Å². The van der Waals surface area contributed by atoms with E-state index in [1.807, 2.05) is 26.0 Å². The van der Waals surface area contributed by atoms with E-state index in [-0.39, 0.29) is 23.9 Å². The zero-order chi connectivity index (χ0) is 15.9. The smallest absolute Gasteiger partial charge is 0.315 e. The van der Waals surface area contributed by atoms with Gasteiger partial charge in [0, 0.05) is 19.0 Å². The standard InChI is InChI=1S/C17H25N3O2/c1-12(2)16(21)18-10-11-19-17(22)20-15-9-5-7-13-6-3-4-8-14(13)15/h3-4,6,8,12,15H,5,7,9-11H2,1-2H3,(H,18,21)(H2,19,20,22).